The number of thiazole rings is 1. The Kier molecular flexibility index (Phi) is 15.7. The number of urea groups is 1. The Balaban J connectivity index is 0.000000537. The molecule has 2 unspecified atom stereocenters. The fourth-order valence-electron chi connectivity index (χ4n) is 5.76. The fourth-order valence-corrected chi connectivity index (χ4v) is 8.11. The maximum Gasteiger partial charge on any atom is 0.315 e. The van der Waals surface area contributed by atoms with Crippen LogP contribution in [0.1, 0.15) is 68.6 Å². The van der Waals surface area contributed by atoms with E-state index in [0.29, 0.717) is 50.2 Å². The summed E-state index contributed by atoms with van der Waals surface area (Å²) in [4.78, 5) is 55.8. The second-order valence-electron chi connectivity index (χ2n) is 13.0. The molecule has 54 heavy (non-hydrogen) atoms. The molecule has 6 rings (SSSR count). The Hall–Kier alpha value is -4.47. The Labute approximate surface area is 327 Å². The molecule has 16 heteroatoms. The number of amides is 5. The van der Waals surface area contributed by atoms with Crippen LogP contribution in [0, 0.1) is 5.82 Å². The maximum absolute atomic E-state index is 13.5. The van der Waals surface area contributed by atoms with Crippen LogP contribution >= 0.6 is 34.7 Å². The first-order chi connectivity index (χ1) is 26.2. The molecule has 2 aliphatic heterocycles. The summed E-state index contributed by atoms with van der Waals surface area (Å²) in [7, 11) is 0. The minimum absolute atomic E-state index is 0.00491. The molecular weight excluding hydrogens is 751 g/mol. The molecule has 0 spiro atoms. The van der Waals surface area contributed by atoms with Crippen molar-refractivity contribution in [2.24, 2.45) is 0 Å². The second-order valence-corrected chi connectivity index (χ2v) is 15.5. The zero-order valence-corrected chi connectivity index (χ0v) is 32.5. The predicted molar refractivity (Wildman–Crippen MR) is 216 cm³/mol. The molecule has 2 atom stereocenters. The van der Waals surface area contributed by atoms with Crippen LogP contribution in [0.3, 0.4) is 0 Å². The molecule has 0 radical (unpaired) electrons. The second kappa shape index (κ2) is 20.8. The average Bonchev–Trinajstić information content (AvgIpc) is 3.87. The number of halogens is 2. The van der Waals surface area contributed by atoms with Gasteiger partial charge in [0.15, 0.2) is 10.3 Å². The summed E-state index contributed by atoms with van der Waals surface area (Å²) >= 11 is 9.66. The zero-order chi connectivity index (χ0) is 38.3. The molecule has 2 aliphatic rings. The van der Waals surface area contributed by atoms with Crippen molar-refractivity contribution in [3.8, 4) is 11.1 Å². The summed E-state index contributed by atoms with van der Waals surface area (Å²) in [6.45, 7) is 3.98. The van der Waals surface area contributed by atoms with Crippen molar-refractivity contribution in [1.29, 1.82) is 0 Å². The molecule has 0 bridgehead atoms. The Bertz CT molecular complexity index is 1900. The first-order valence-corrected chi connectivity index (χ1v) is 20.6. The van der Waals surface area contributed by atoms with Crippen molar-refractivity contribution >= 4 is 79.5 Å². The van der Waals surface area contributed by atoms with Crippen LogP contribution < -0.4 is 31.9 Å². The van der Waals surface area contributed by atoms with E-state index in [1.807, 2.05) is 30.0 Å². The van der Waals surface area contributed by atoms with Gasteiger partial charge in [-0.3, -0.25) is 14.4 Å². The van der Waals surface area contributed by atoms with Gasteiger partial charge in [0.1, 0.15) is 5.82 Å². The number of hydrogen-bond acceptors (Lipinski definition) is 9. The average molecular weight is 797 g/mol. The monoisotopic (exact) mass is 796 g/mol. The first kappa shape index (κ1) is 40.7. The van der Waals surface area contributed by atoms with Crippen molar-refractivity contribution in [2.75, 3.05) is 41.8 Å². The molecule has 2 fully saturated rings. The summed E-state index contributed by atoms with van der Waals surface area (Å²) in [6.07, 6.45) is 7.99. The molecule has 2 aromatic carbocycles. The molecule has 12 nitrogen and oxygen atoms in total. The lowest BCUT2D eigenvalue weighted by atomic mass is 10.1. The van der Waals surface area contributed by atoms with Crippen LogP contribution in [0.2, 0.25) is 5.15 Å². The minimum Gasteiger partial charge on any atom is -0.361 e. The van der Waals surface area contributed by atoms with Crippen LogP contribution in [0.4, 0.5) is 20.0 Å². The first-order valence-electron chi connectivity index (χ1n) is 18.2. The molecule has 6 N–H and O–H groups in total. The predicted octanol–water partition coefficient (Wildman–Crippen LogP) is 6.97. The Morgan fingerprint density at radius 2 is 1.63 bits per heavy atom. The van der Waals surface area contributed by atoms with E-state index in [2.05, 4.69) is 48.8 Å². The van der Waals surface area contributed by atoms with Gasteiger partial charge in [0, 0.05) is 61.3 Å². The summed E-state index contributed by atoms with van der Waals surface area (Å²) in [5.74, 6) is 1.31. The highest BCUT2D eigenvalue weighted by Crippen LogP contribution is 2.32. The number of carbonyl (C=O) groups is 4. The van der Waals surface area contributed by atoms with Gasteiger partial charge in [-0.25, -0.2) is 19.2 Å². The van der Waals surface area contributed by atoms with E-state index in [9.17, 15) is 23.6 Å². The topological polar surface area (TPSA) is 166 Å². The number of carbonyl (C=O) groups excluding carboxylic acids is 4. The molecule has 4 aromatic rings. The highest BCUT2D eigenvalue weighted by Gasteiger charge is 2.35. The van der Waals surface area contributed by atoms with Gasteiger partial charge in [-0.2, -0.15) is 11.8 Å². The van der Waals surface area contributed by atoms with Crippen LogP contribution in [0.25, 0.3) is 21.3 Å². The number of pyridine rings is 1. The SMILES string of the molecule is CCCCC(=O)NCCCCCC(=O)NCCCNc1nc2ccc(-c3cnc(Cl)c(NC(=O)c4cccc(F)c4)c3)cc2s1.O=C1NC2CSCC2N1. The van der Waals surface area contributed by atoms with E-state index >= 15 is 0 Å². The molecule has 2 aromatic heterocycles. The smallest absolute Gasteiger partial charge is 0.315 e. The van der Waals surface area contributed by atoms with Crippen LogP contribution in [-0.4, -0.2) is 76.9 Å². The van der Waals surface area contributed by atoms with E-state index in [4.69, 9.17) is 11.6 Å². The minimum atomic E-state index is -0.501. The lowest BCUT2D eigenvalue weighted by Gasteiger charge is -2.09. The Morgan fingerprint density at radius 3 is 2.37 bits per heavy atom. The van der Waals surface area contributed by atoms with E-state index in [1.165, 1.54) is 29.5 Å². The van der Waals surface area contributed by atoms with Crippen molar-refractivity contribution < 1.29 is 23.6 Å². The number of fused-ring (bicyclic) bond motifs is 2. The van der Waals surface area contributed by atoms with Gasteiger partial charge in [-0.15, -0.1) is 0 Å². The van der Waals surface area contributed by atoms with Crippen molar-refractivity contribution in [2.45, 2.75) is 70.4 Å². The number of unbranched alkanes of at least 4 members (excludes halogenated alkanes) is 3. The highest BCUT2D eigenvalue weighted by molar-refractivity contribution is 7.99. The summed E-state index contributed by atoms with van der Waals surface area (Å²) < 4.78 is 14.5. The number of aromatic nitrogens is 2. The van der Waals surface area contributed by atoms with Crippen LogP contribution in [0.5, 0.6) is 0 Å². The molecule has 288 valence electrons. The normalized spacial score (nSPS) is 15.7. The van der Waals surface area contributed by atoms with E-state index in [0.717, 1.165) is 82.6 Å². The van der Waals surface area contributed by atoms with Gasteiger partial charge < -0.3 is 31.9 Å². The molecular formula is C38H46ClFN8O4S2. The highest BCUT2D eigenvalue weighted by atomic mass is 35.5. The zero-order valence-electron chi connectivity index (χ0n) is 30.1. The van der Waals surface area contributed by atoms with E-state index in [1.54, 1.807) is 12.3 Å². The van der Waals surface area contributed by atoms with Crippen LogP contribution in [-0.2, 0) is 9.59 Å². The van der Waals surface area contributed by atoms with Crippen LogP contribution in [0.15, 0.2) is 54.7 Å². The van der Waals surface area contributed by atoms with E-state index in [-0.39, 0.29) is 28.6 Å². The maximum atomic E-state index is 13.5. The molecule has 0 saturated carbocycles. The Morgan fingerprint density at radius 1 is 0.889 bits per heavy atom. The van der Waals surface area contributed by atoms with E-state index < -0.39 is 11.7 Å². The summed E-state index contributed by atoms with van der Waals surface area (Å²) in [5, 5.41) is 18.5. The van der Waals surface area contributed by atoms with Gasteiger partial charge in [0.2, 0.25) is 11.8 Å². The van der Waals surface area contributed by atoms with Gasteiger partial charge in [-0.05, 0) is 67.6 Å². The fraction of sp³-hybridized carbons (Fsp3) is 0.421. The molecule has 2 saturated heterocycles. The van der Waals surface area contributed by atoms with Gasteiger partial charge in [-0.1, -0.05) is 54.8 Å². The lowest BCUT2D eigenvalue weighted by molar-refractivity contribution is -0.122. The number of rotatable bonds is 17. The quantitative estimate of drug-likeness (QED) is 0.0379. The van der Waals surface area contributed by atoms with Gasteiger partial charge in [0.05, 0.1) is 28.0 Å². The third-order valence-electron chi connectivity index (χ3n) is 8.72. The number of benzene rings is 2. The third kappa shape index (κ3) is 12.6. The molecule has 5 amide bonds. The summed E-state index contributed by atoms with van der Waals surface area (Å²) in [5.41, 5.74) is 2.98. The third-order valence-corrected chi connectivity index (χ3v) is 11.2. The number of thioether (sulfide) groups is 1. The van der Waals surface area contributed by atoms with Crippen molar-refractivity contribution in [1.82, 2.24) is 31.2 Å². The number of anilines is 2. The number of nitrogens with zero attached hydrogens (tertiary/aromatic N) is 2. The number of nitrogens with one attached hydrogen (secondary N) is 6. The standard InChI is InChI=1S/C33H38ClFN6O3S.C5H8N2OS/c1-2-3-11-29(42)36-15-6-4-5-12-30(43)37-16-8-17-38-33-41-26-14-13-22(20-28(26)45-33)24-19-27(31(34)39-21-24)40-32(44)23-9-7-10-25(35)18-23;8-5-6-3-1-9-2-4(3)7-5/h7,9-10,13-14,18-21H,2-6,8,11-12,15-17H2,1H3,(H,36,42)(H,37,43)(H,38,41)(H,40,44);3-4H,1-2H2,(H2,6,7,8). The molecule has 4 heterocycles. The molecule has 0 aliphatic carbocycles. The largest absolute Gasteiger partial charge is 0.361 e. The lowest BCUT2D eigenvalue weighted by Crippen LogP contribution is -2.31. The van der Waals surface area contributed by atoms with Crippen molar-refractivity contribution in [3.05, 3.63) is 71.3 Å². The van der Waals surface area contributed by atoms with Gasteiger partial charge >= 0.3 is 6.03 Å². The van der Waals surface area contributed by atoms with Gasteiger partial charge in [0.25, 0.3) is 5.91 Å². The number of hydrogen-bond donors (Lipinski definition) is 6. The van der Waals surface area contributed by atoms with Crippen molar-refractivity contribution in [3.63, 3.8) is 0 Å². The summed E-state index contributed by atoms with van der Waals surface area (Å²) in [6, 6.07) is 13.8.